The van der Waals surface area contributed by atoms with Crippen molar-refractivity contribution in [1.29, 1.82) is 5.26 Å². The van der Waals surface area contributed by atoms with Gasteiger partial charge in [0.25, 0.3) is 5.56 Å². The van der Waals surface area contributed by atoms with E-state index in [0.717, 1.165) is 18.7 Å². The Morgan fingerprint density at radius 3 is 2.59 bits per heavy atom. The first-order valence-corrected chi connectivity index (χ1v) is 12.2. The van der Waals surface area contributed by atoms with Crippen molar-refractivity contribution in [3.8, 4) is 17.3 Å². The van der Waals surface area contributed by atoms with Crippen molar-refractivity contribution in [3.63, 3.8) is 0 Å². The van der Waals surface area contributed by atoms with Crippen LogP contribution in [-0.4, -0.2) is 35.9 Å². The van der Waals surface area contributed by atoms with Gasteiger partial charge in [-0.2, -0.15) is 23.5 Å². The van der Waals surface area contributed by atoms with Gasteiger partial charge in [0.05, 0.1) is 23.9 Å². The molecule has 1 fully saturated rings. The van der Waals surface area contributed by atoms with Gasteiger partial charge in [-0.3, -0.25) is 14.0 Å². The van der Waals surface area contributed by atoms with E-state index in [0.29, 0.717) is 24.0 Å². The van der Waals surface area contributed by atoms with Gasteiger partial charge in [0.2, 0.25) is 5.82 Å². The fraction of sp³-hybridized carbons (Fsp3) is 0.385. The van der Waals surface area contributed by atoms with Gasteiger partial charge in [-0.15, -0.1) is 0 Å². The average molecular weight is 542 g/mol. The lowest BCUT2D eigenvalue weighted by molar-refractivity contribution is -0.147. The third-order valence-corrected chi connectivity index (χ3v) is 6.72. The molecule has 0 amide bonds. The Kier molecular flexibility index (Phi) is 6.67. The van der Waals surface area contributed by atoms with E-state index in [-0.39, 0.29) is 46.2 Å². The molecule has 202 valence electrons. The van der Waals surface area contributed by atoms with Gasteiger partial charge in [-0.25, -0.2) is 19.3 Å². The van der Waals surface area contributed by atoms with Crippen LogP contribution in [0.25, 0.3) is 22.3 Å². The molecule has 9 nitrogen and oxygen atoms in total. The Bertz CT molecular complexity index is 1670. The summed E-state index contributed by atoms with van der Waals surface area (Å²) in [6.45, 7) is 4.33. The van der Waals surface area contributed by atoms with E-state index < -0.39 is 28.9 Å². The van der Waals surface area contributed by atoms with E-state index >= 15 is 4.39 Å². The number of halogens is 4. The molecule has 13 heteroatoms. The second-order valence-corrected chi connectivity index (χ2v) is 9.66. The second-order valence-electron chi connectivity index (χ2n) is 9.66. The van der Waals surface area contributed by atoms with Crippen LogP contribution in [0.4, 0.5) is 17.6 Å². The third-order valence-electron chi connectivity index (χ3n) is 6.72. The first-order valence-electron chi connectivity index (χ1n) is 12.2. The summed E-state index contributed by atoms with van der Waals surface area (Å²) < 4.78 is 64.3. The topological polar surface area (TPSA) is 112 Å². The highest BCUT2D eigenvalue weighted by Gasteiger charge is 2.38. The molecule has 1 aromatic carbocycles. The van der Waals surface area contributed by atoms with Crippen LogP contribution in [-0.2, 0) is 18.0 Å². The molecule has 1 saturated heterocycles. The van der Waals surface area contributed by atoms with Gasteiger partial charge >= 0.3 is 6.18 Å². The highest BCUT2D eigenvalue weighted by atomic mass is 19.4. The fourth-order valence-corrected chi connectivity index (χ4v) is 4.63. The predicted octanol–water partition coefficient (Wildman–Crippen LogP) is 4.83. The maximum atomic E-state index is 15.1. The molecule has 1 aliphatic rings. The molecule has 0 bridgehead atoms. The summed E-state index contributed by atoms with van der Waals surface area (Å²) >= 11 is 0. The van der Waals surface area contributed by atoms with Crippen molar-refractivity contribution in [2.75, 3.05) is 6.61 Å². The zero-order valence-electron chi connectivity index (χ0n) is 21.2. The maximum absolute atomic E-state index is 15.1. The van der Waals surface area contributed by atoms with E-state index in [2.05, 4.69) is 20.1 Å². The van der Waals surface area contributed by atoms with Crippen molar-refractivity contribution in [2.45, 2.75) is 50.9 Å². The number of nitriles is 1. The van der Waals surface area contributed by atoms with Gasteiger partial charge in [0.1, 0.15) is 22.9 Å². The fourth-order valence-electron chi connectivity index (χ4n) is 4.63. The van der Waals surface area contributed by atoms with E-state index in [4.69, 9.17) is 10.00 Å². The lowest BCUT2D eigenvalue weighted by Gasteiger charge is -2.28. The summed E-state index contributed by atoms with van der Waals surface area (Å²) in [5, 5.41) is 13.5. The molecule has 39 heavy (non-hydrogen) atoms. The number of aromatic nitrogens is 6. The lowest BCUT2D eigenvalue weighted by atomic mass is 9.92. The smallest absolute Gasteiger partial charge is 0.373 e. The standard InChI is InChI=1S/C26H23F4N7O2/c1-13(2)37-12-16(11-32-37)19-9-15(6-7-39-19)23-33-20(17-5-4-14(10-31)8-18(17)27)21-22(34-23)24(38)36(3)25(35-21)26(28,29)30/h4-5,8,11-13,15,19H,6-7,9H2,1-3H3. The Morgan fingerprint density at radius 2 is 1.95 bits per heavy atom. The number of alkyl halides is 3. The monoisotopic (exact) mass is 541 g/mol. The molecule has 0 aliphatic carbocycles. The van der Waals surface area contributed by atoms with Crippen molar-refractivity contribution < 1.29 is 22.3 Å². The molecule has 2 unspecified atom stereocenters. The Balaban J connectivity index is 1.68. The van der Waals surface area contributed by atoms with Crippen LogP contribution in [0.1, 0.15) is 67.5 Å². The van der Waals surface area contributed by atoms with E-state index in [1.165, 1.54) is 12.1 Å². The number of rotatable bonds is 4. The second kappa shape index (κ2) is 9.85. The number of nitrogens with zero attached hydrogens (tertiary/aromatic N) is 7. The van der Waals surface area contributed by atoms with Gasteiger partial charge < -0.3 is 4.74 Å². The molecule has 4 heterocycles. The van der Waals surface area contributed by atoms with Crippen LogP contribution in [0, 0.1) is 17.1 Å². The number of hydrogen-bond donors (Lipinski definition) is 0. The predicted molar refractivity (Wildman–Crippen MR) is 131 cm³/mol. The van der Waals surface area contributed by atoms with Crippen LogP contribution in [0.2, 0.25) is 0 Å². The van der Waals surface area contributed by atoms with Gasteiger partial charge in [-0.05, 0) is 44.9 Å². The van der Waals surface area contributed by atoms with Gasteiger partial charge in [0, 0.05) is 42.9 Å². The van der Waals surface area contributed by atoms with E-state index in [1.807, 2.05) is 26.1 Å². The van der Waals surface area contributed by atoms with Crippen molar-refractivity contribution >= 4 is 11.0 Å². The molecule has 0 N–H and O–H groups in total. The summed E-state index contributed by atoms with van der Waals surface area (Å²) in [6.07, 6.45) is -0.809. The molecule has 4 aromatic rings. The maximum Gasteiger partial charge on any atom is 0.449 e. The molecule has 2 atom stereocenters. The zero-order chi connectivity index (χ0) is 28.1. The van der Waals surface area contributed by atoms with E-state index in [9.17, 15) is 18.0 Å². The summed E-state index contributed by atoms with van der Waals surface area (Å²) in [4.78, 5) is 25.6. The molecule has 5 rings (SSSR count). The van der Waals surface area contributed by atoms with Crippen LogP contribution in [0.5, 0.6) is 0 Å². The van der Waals surface area contributed by atoms with Crippen LogP contribution in [0.15, 0.2) is 35.4 Å². The Hall–Kier alpha value is -4.18. The third kappa shape index (κ3) is 4.87. The average Bonchev–Trinajstić information content (AvgIpc) is 3.40. The molecule has 0 radical (unpaired) electrons. The number of benzene rings is 1. The SMILES string of the molecule is CC(C)n1cc(C2CC(c3nc(-c4ccc(C#N)cc4F)c4nc(C(F)(F)F)n(C)c(=O)c4n3)CCO2)cn1. The van der Waals surface area contributed by atoms with E-state index in [1.54, 1.807) is 10.9 Å². The minimum absolute atomic E-state index is 0.0175. The zero-order valence-corrected chi connectivity index (χ0v) is 21.2. The number of ether oxygens (including phenoxy) is 1. The molecule has 0 saturated carbocycles. The highest BCUT2D eigenvalue weighted by molar-refractivity contribution is 5.88. The summed E-state index contributed by atoms with van der Waals surface area (Å²) in [7, 11) is 0.957. The minimum atomic E-state index is -4.95. The van der Waals surface area contributed by atoms with Crippen molar-refractivity contribution in [3.05, 3.63) is 69.5 Å². The van der Waals surface area contributed by atoms with Gasteiger partial charge in [0.15, 0.2) is 5.52 Å². The first-order chi connectivity index (χ1) is 18.5. The molecule has 3 aromatic heterocycles. The van der Waals surface area contributed by atoms with Crippen molar-refractivity contribution in [1.82, 2.24) is 29.3 Å². The summed E-state index contributed by atoms with van der Waals surface area (Å²) in [5.74, 6) is -2.52. The quantitative estimate of drug-likeness (QED) is 0.340. The number of fused-ring (bicyclic) bond motifs is 1. The molecule has 1 aliphatic heterocycles. The Labute approximate surface area is 219 Å². The van der Waals surface area contributed by atoms with Crippen LogP contribution in [0.3, 0.4) is 0 Å². The van der Waals surface area contributed by atoms with Crippen LogP contribution < -0.4 is 5.56 Å². The Morgan fingerprint density at radius 1 is 1.18 bits per heavy atom. The highest BCUT2D eigenvalue weighted by Crippen LogP contribution is 2.38. The summed E-state index contributed by atoms with van der Waals surface area (Å²) in [5.41, 5.74) is -1.45. The van der Waals surface area contributed by atoms with Crippen molar-refractivity contribution in [2.24, 2.45) is 7.05 Å². The minimum Gasteiger partial charge on any atom is -0.373 e. The van der Waals surface area contributed by atoms with Crippen LogP contribution >= 0.6 is 0 Å². The molecule has 0 spiro atoms. The molecular formula is C26H23F4N7O2. The number of hydrogen-bond acceptors (Lipinski definition) is 7. The van der Waals surface area contributed by atoms with Gasteiger partial charge in [-0.1, -0.05) is 0 Å². The lowest BCUT2D eigenvalue weighted by Crippen LogP contribution is -2.29. The first kappa shape index (κ1) is 26.4. The normalized spacial score (nSPS) is 18.0. The largest absolute Gasteiger partial charge is 0.449 e. The summed E-state index contributed by atoms with van der Waals surface area (Å²) in [6, 6.07) is 5.46. The molecular weight excluding hydrogens is 518 g/mol.